The zero-order chi connectivity index (χ0) is 34.5. The Labute approximate surface area is 271 Å². The molecule has 7 rings (SSSR count). The number of carbonyl (C=O) groups excluding carboxylic acids is 3. The van der Waals surface area contributed by atoms with Crippen LogP contribution < -0.4 is 25.4 Å². The Morgan fingerprint density at radius 1 is 1.02 bits per heavy atom. The summed E-state index contributed by atoms with van der Waals surface area (Å²) < 4.78 is 79.0. The Morgan fingerprint density at radius 2 is 1.77 bits per heavy atom. The van der Waals surface area contributed by atoms with Crippen molar-refractivity contribution in [1.29, 1.82) is 0 Å². The number of nitrogens with one attached hydrogen (secondary N) is 3. The number of hydrogen-bond acceptors (Lipinski definition) is 11. The number of aromatic nitrogens is 2. The summed E-state index contributed by atoms with van der Waals surface area (Å²) in [5.74, 6) is -1.34. The van der Waals surface area contributed by atoms with Crippen LogP contribution in [0.1, 0.15) is 40.0 Å². The lowest BCUT2D eigenvalue weighted by atomic mass is 9.43. The second kappa shape index (κ2) is 11.9. The number of nitrogens with zero attached hydrogens (tertiary/aromatic N) is 3. The molecular formula is C30H29F3N6O8S. The zero-order valence-electron chi connectivity index (χ0n) is 25.5. The number of anilines is 3. The van der Waals surface area contributed by atoms with Gasteiger partial charge in [0.1, 0.15) is 23.7 Å². The number of rotatable bonds is 10. The van der Waals surface area contributed by atoms with E-state index in [0.29, 0.717) is 38.5 Å². The fraction of sp³-hybridized carbons (Fsp3) is 0.367. The fourth-order valence-corrected chi connectivity index (χ4v) is 7.25. The lowest BCUT2D eigenvalue weighted by Crippen LogP contribution is -2.82. The molecule has 4 fully saturated rings. The van der Waals surface area contributed by atoms with Crippen LogP contribution in [0.4, 0.5) is 30.4 Å². The number of carbonyl (C=O) groups is 3. The van der Waals surface area contributed by atoms with Crippen LogP contribution in [0.5, 0.6) is 11.6 Å². The van der Waals surface area contributed by atoms with Crippen molar-refractivity contribution < 1.29 is 50.2 Å². The lowest BCUT2D eigenvalue weighted by molar-refractivity contribution is -0.189. The summed E-state index contributed by atoms with van der Waals surface area (Å²) >= 11 is 0. The van der Waals surface area contributed by atoms with Crippen molar-refractivity contribution >= 4 is 44.8 Å². The standard InChI is InChI=1S/C30H29F3N6O8S/c1-45-21-6-7-34-25(38-28-14-29(15-28,16-28)39-8-9-47-13-23(39)40)24(21)27(42)37-20-12-35-22(46-2)11-19(20)26(41)36-17-4-3-5-18(10-17)48(43,44)30(31,32)33/h3-7,10-12H,8-9,13-16H2,1-2H3,(H,34,38)(H,36,41)(H,37,42). The van der Waals surface area contributed by atoms with E-state index in [9.17, 15) is 36.0 Å². The average molecular weight is 691 g/mol. The molecule has 0 radical (unpaired) electrons. The molecule has 254 valence electrons. The van der Waals surface area contributed by atoms with Crippen molar-refractivity contribution in [2.75, 3.05) is 49.9 Å². The molecule has 3 N–H and O–H groups in total. The maximum atomic E-state index is 13.8. The maximum absolute atomic E-state index is 13.8. The van der Waals surface area contributed by atoms with E-state index >= 15 is 0 Å². The highest BCUT2D eigenvalue weighted by Crippen LogP contribution is 2.65. The summed E-state index contributed by atoms with van der Waals surface area (Å²) in [5, 5.41) is 8.34. The van der Waals surface area contributed by atoms with Crippen LogP contribution in [0.25, 0.3) is 0 Å². The summed E-state index contributed by atoms with van der Waals surface area (Å²) in [4.78, 5) is 48.9. The summed E-state index contributed by atoms with van der Waals surface area (Å²) in [6.07, 6.45) is 4.58. The van der Waals surface area contributed by atoms with E-state index in [1.807, 2.05) is 4.90 Å². The van der Waals surface area contributed by atoms with Crippen molar-refractivity contribution in [2.45, 2.75) is 40.7 Å². The van der Waals surface area contributed by atoms with Crippen LogP contribution in [0, 0.1) is 0 Å². The van der Waals surface area contributed by atoms with Crippen molar-refractivity contribution in [2.24, 2.45) is 0 Å². The van der Waals surface area contributed by atoms with Crippen LogP contribution in [-0.2, 0) is 19.4 Å². The second-order valence-corrected chi connectivity index (χ2v) is 13.6. The number of benzene rings is 1. The van der Waals surface area contributed by atoms with Gasteiger partial charge in [-0.3, -0.25) is 14.4 Å². The predicted octanol–water partition coefficient (Wildman–Crippen LogP) is 3.24. The molecule has 14 nitrogen and oxygen atoms in total. The maximum Gasteiger partial charge on any atom is 0.501 e. The molecule has 3 heterocycles. The molecular weight excluding hydrogens is 661 g/mol. The molecule has 3 saturated carbocycles. The molecule has 4 aliphatic rings. The Balaban J connectivity index is 1.23. The number of sulfone groups is 1. The van der Waals surface area contributed by atoms with Crippen molar-refractivity contribution in [1.82, 2.24) is 14.9 Å². The minimum Gasteiger partial charge on any atom is -0.496 e. The normalized spacial score (nSPS) is 21.8. The zero-order valence-corrected chi connectivity index (χ0v) is 26.3. The van der Waals surface area contributed by atoms with Crippen LogP contribution >= 0.6 is 0 Å². The smallest absolute Gasteiger partial charge is 0.496 e. The van der Waals surface area contributed by atoms with Gasteiger partial charge in [-0.05, 0) is 43.5 Å². The van der Waals surface area contributed by atoms with E-state index in [2.05, 4.69) is 25.9 Å². The van der Waals surface area contributed by atoms with Gasteiger partial charge in [0.25, 0.3) is 21.7 Å². The van der Waals surface area contributed by atoms with E-state index < -0.39 is 37.6 Å². The first-order valence-corrected chi connectivity index (χ1v) is 16.0. The van der Waals surface area contributed by atoms with Gasteiger partial charge >= 0.3 is 5.51 Å². The molecule has 1 saturated heterocycles. The number of pyridine rings is 2. The van der Waals surface area contributed by atoms with Crippen molar-refractivity contribution in [3.8, 4) is 11.6 Å². The van der Waals surface area contributed by atoms with E-state index in [4.69, 9.17) is 14.2 Å². The Kier molecular flexibility index (Phi) is 8.19. The van der Waals surface area contributed by atoms with Gasteiger partial charge in [0, 0.05) is 35.6 Å². The van der Waals surface area contributed by atoms with Gasteiger partial charge in [0.05, 0.1) is 43.2 Å². The number of alkyl halides is 3. The van der Waals surface area contributed by atoms with Gasteiger partial charge in [-0.1, -0.05) is 6.07 Å². The van der Waals surface area contributed by atoms with Gasteiger partial charge in [-0.15, -0.1) is 0 Å². The Morgan fingerprint density at radius 3 is 2.44 bits per heavy atom. The fourth-order valence-electron chi connectivity index (χ4n) is 6.45. The third-order valence-corrected chi connectivity index (χ3v) is 10.1. The summed E-state index contributed by atoms with van der Waals surface area (Å²) in [6, 6.07) is 6.33. The topological polar surface area (TPSA) is 178 Å². The summed E-state index contributed by atoms with van der Waals surface area (Å²) in [5.41, 5.74) is -6.75. The van der Waals surface area contributed by atoms with Crippen molar-refractivity contribution in [3.05, 3.63) is 59.9 Å². The highest BCUT2D eigenvalue weighted by atomic mass is 32.2. The minimum atomic E-state index is -5.68. The van der Waals surface area contributed by atoms with Crippen LogP contribution in [-0.4, -0.2) is 91.6 Å². The quantitative estimate of drug-likeness (QED) is 0.285. The molecule has 0 atom stereocenters. The third-order valence-electron chi connectivity index (χ3n) is 8.59. The van der Waals surface area contributed by atoms with Gasteiger partial charge in [-0.25, -0.2) is 18.4 Å². The number of amides is 3. The number of ether oxygens (including phenoxy) is 3. The molecule has 2 aromatic heterocycles. The summed E-state index contributed by atoms with van der Waals surface area (Å²) in [7, 11) is -3.02. The monoisotopic (exact) mass is 690 g/mol. The Bertz CT molecular complexity index is 1900. The van der Waals surface area contributed by atoms with Crippen LogP contribution in [0.2, 0.25) is 0 Å². The number of hydrogen-bond donors (Lipinski definition) is 3. The molecule has 2 bridgehead atoms. The molecule has 3 aliphatic carbocycles. The Hall–Kier alpha value is -4.97. The number of halogens is 3. The molecule has 0 unspecified atom stereocenters. The van der Waals surface area contributed by atoms with E-state index in [1.54, 1.807) is 0 Å². The van der Waals surface area contributed by atoms with E-state index in [0.717, 1.165) is 18.3 Å². The lowest BCUT2D eigenvalue weighted by Gasteiger charge is -2.74. The highest BCUT2D eigenvalue weighted by Gasteiger charge is 2.71. The highest BCUT2D eigenvalue weighted by molar-refractivity contribution is 7.92. The third kappa shape index (κ3) is 5.74. The van der Waals surface area contributed by atoms with Gasteiger partial charge in [0.15, 0.2) is 0 Å². The first-order chi connectivity index (χ1) is 22.7. The first-order valence-electron chi connectivity index (χ1n) is 14.5. The number of methoxy groups -OCH3 is 2. The largest absolute Gasteiger partial charge is 0.501 e. The van der Waals surface area contributed by atoms with Crippen molar-refractivity contribution in [3.63, 3.8) is 0 Å². The SMILES string of the molecule is COc1cc(C(=O)Nc2cccc(S(=O)(=O)C(F)(F)F)c2)c(NC(=O)c2c(OC)ccnc2NC23CC(N4CCOCC4=O)(C2)C3)cn1. The first kappa shape index (κ1) is 33.0. The molecule has 3 amide bonds. The molecule has 18 heteroatoms. The van der Waals surface area contributed by atoms with Gasteiger partial charge in [0.2, 0.25) is 11.8 Å². The predicted molar refractivity (Wildman–Crippen MR) is 163 cm³/mol. The minimum absolute atomic E-state index is 0.0217. The molecule has 48 heavy (non-hydrogen) atoms. The van der Waals surface area contributed by atoms with Crippen LogP contribution in [0.3, 0.4) is 0 Å². The molecule has 0 spiro atoms. The molecule has 1 aliphatic heterocycles. The second-order valence-electron chi connectivity index (χ2n) is 11.7. The summed E-state index contributed by atoms with van der Waals surface area (Å²) in [6.45, 7) is 1.04. The van der Waals surface area contributed by atoms with E-state index in [-0.39, 0.29) is 58.0 Å². The van der Waals surface area contributed by atoms with Gasteiger partial charge in [-0.2, -0.15) is 13.2 Å². The van der Waals surface area contributed by atoms with Crippen LogP contribution in [0.15, 0.2) is 53.7 Å². The van der Waals surface area contributed by atoms with Gasteiger partial charge < -0.3 is 35.1 Å². The molecule has 3 aromatic rings. The van der Waals surface area contributed by atoms with E-state index in [1.165, 1.54) is 38.6 Å². The molecule has 1 aromatic carbocycles. The average Bonchev–Trinajstić information content (AvgIpc) is 3.02. The number of morpholine rings is 1.